The highest BCUT2D eigenvalue weighted by atomic mass is 16.4. The van der Waals surface area contributed by atoms with Crippen LogP contribution in [0.4, 0.5) is 0 Å². The molecular weight excluding hydrogens is 308 g/mol. The van der Waals surface area contributed by atoms with Gasteiger partial charge in [-0.3, -0.25) is 9.59 Å². The van der Waals surface area contributed by atoms with E-state index in [1.807, 2.05) is 0 Å². The molecule has 4 rings (SSSR count). The highest BCUT2D eigenvalue weighted by Crippen LogP contribution is 2.42. The van der Waals surface area contributed by atoms with Crippen molar-refractivity contribution in [2.75, 3.05) is 6.54 Å². The maximum absolute atomic E-state index is 12.9. The molecule has 0 spiro atoms. The number of likely N-dealkylation sites (tertiary alicyclic amines) is 1. The van der Waals surface area contributed by atoms with Gasteiger partial charge in [0.15, 0.2) is 0 Å². The lowest BCUT2D eigenvalue weighted by Gasteiger charge is -2.25. The van der Waals surface area contributed by atoms with E-state index in [0.717, 1.165) is 56.2 Å². The van der Waals surface area contributed by atoms with Crippen molar-refractivity contribution in [2.24, 2.45) is 11.8 Å². The molecule has 1 saturated heterocycles. The predicted octanol–water partition coefficient (Wildman–Crippen LogP) is 1.58. The van der Waals surface area contributed by atoms with Gasteiger partial charge in [0.05, 0.1) is 0 Å². The number of carboxylic acids is 1. The maximum Gasteiger partial charge on any atom is 0.326 e. The summed E-state index contributed by atoms with van der Waals surface area (Å²) < 4.78 is 0. The third-order valence-electron chi connectivity index (χ3n) is 5.97. The zero-order chi connectivity index (χ0) is 16.8. The van der Waals surface area contributed by atoms with E-state index < -0.39 is 17.9 Å². The third kappa shape index (κ3) is 2.36. The zero-order valence-corrected chi connectivity index (χ0v) is 13.6. The van der Waals surface area contributed by atoms with Gasteiger partial charge in [-0.15, -0.1) is 0 Å². The fourth-order valence-electron chi connectivity index (χ4n) is 4.82. The molecule has 2 N–H and O–H groups in total. The van der Waals surface area contributed by atoms with Crippen LogP contribution < -0.4 is 5.56 Å². The van der Waals surface area contributed by atoms with Crippen molar-refractivity contribution < 1.29 is 14.7 Å². The summed E-state index contributed by atoms with van der Waals surface area (Å²) in [6, 6.07) is 0.906. The third-order valence-corrected chi connectivity index (χ3v) is 5.97. The summed E-state index contributed by atoms with van der Waals surface area (Å²) >= 11 is 0. The maximum atomic E-state index is 12.9. The highest BCUT2D eigenvalue weighted by molar-refractivity contribution is 5.97. The van der Waals surface area contributed by atoms with Gasteiger partial charge in [-0.2, -0.15) is 0 Å². The number of carbonyl (C=O) groups excluding carboxylic acids is 1. The molecule has 1 aromatic heterocycles. The normalized spacial score (nSPS) is 28.5. The molecule has 1 aliphatic heterocycles. The molecule has 6 nitrogen and oxygen atoms in total. The van der Waals surface area contributed by atoms with Crippen LogP contribution in [0.15, 0.2) is 10.9 Å². The molecule has 1 saturated carbocycles. The summed E-state index contributed by atoms with van der Waals surface area (Å²) in [4.78, 5) is 41.3. The minimum atomic E-state index is -0.952. The minimum absolute atomic E-state index is 0.0307. The van der Waals surface area contributed by atoms with Gasteiger partial charge in [-0.05, 0) is 62.0 Å². The van der Waals surface area contributed by atoms with Gasteiger partial charge in [0.1, 0.15) is 11.6 Å². The molecule has 0 aromatic carbocycles. The standard InChI is InChI=1S/C18H22N2O4/c21-16-13(8-10-4-1-2-7-14(10)19-16)17(22)20-9-11-5-3-6-12(11)15(20)18(23)24/h8,11-12,15H,1-7,9H2,(H,19,21)(H,23,24). The SMILES string of the molecule is O=C(O)C1C2CCCC2CN1C(=O)c1cc2c([nH]c1=O)CCCC2. The number of pyridine rings is 1. The number of rotatable bonds is 2. The monoisotopic (exact) mass is 330 g/mol. The molecule has 6 heteroatoms. The fourth-order valence-corrected chi connectivity index (χ4v) is 4.82. The number of aliphatic carboxylic acids is 1. The molecule has 2 heterocycles. The Morgan fingerprint density at radius 1 is 1.17 bits per heavy atom. The van der Waals surface area contributed by atoms with E-state index in [1.165, 1.54) is 4.90 Å². The molecule has 0 radical (unpaired) electrons. The van der Waals surface area contributed by atoms with E-state index in [9.17, 15) is 19.5 Å². The molecule has 3 atom stereocenters. The second-order valence-electron chi connectivity index (χ2n) is 7.32. The zero-order valence-electron chi connectivity index (χ0n) is 13.6. The van der Waals surface area contributed by atoms with Gasteiger partial charge in [-0.1, -0.05) is 6.42 Å². The van der Waals surface area contributed by atoms with Gasteiger partial charge >= 0.3 is 5.97 Å². The number of nitrogens with zero attached hydrogens (tertiary/aromatic N) is 1. The van der Waals surface area contributed by atoms with Crippen LogP contribution in [0.1, 0.15) is 53.7 Å². The van der Waals surface area contributed by atoms with Gasteiger partial charge < -0.3 is 15.0 Å². The van der Waals surface area contributed by atoms with Crippen molar-refractivity contribution in [1.82, 2.24) is 9.88 Å². The Morgan fingerprint density at radius 2 is 1.96 bits per heavy atom. The topological polar surface area (TPSA) is 90.5 Å². The molecule has 1 aromatic rings. The molecule has 24 heavy (non-hydrogen) atoms. The van der Waals surface area contributed by atoms with Crippen LogP contribution in [0.3, 0.4) is 0 Å². The Morgan fingerprint density at radius 3 is 2.75 bits per heavy atom. The smallest absolute Gasteiger partial charge is 0.326 e. The lowest BCUT2D eigenvalue weighted by Crippen LogP contribution is -2.45. The average Bonchev–Trinajstić information content (AvgIpc) is 3.13. The number of fused-ring (bicyclic) bond motifs is 2. The second-order valence-corrected chi connectivity index (χ2v) is 7.32. The lowest BCUT2D eigenvalue weighted by molar-refractivity contribution is -0.142. The Hall–Kier alpha value is -2.11. The van der Waals surface area contributed by atoms with Crippen molar-refractivity contribution >= 4 is 11.9 Å². The largest absolute Gasteiger partial charge is 0.480 e. The van der Waals surface area contributed by atoms with Crippen LogP contribution in [0.25, 0.3) is 0 Å². The second kappa shape index (κ2) is 5.76. The lowest BCUT2D eigenvalue weighted by atomic mass is 9.94. The minimum Gasteiger partial charge on any atom is -0.480 e. The predicted molar refractivity (Wildman–Crippen MR) is 87.0 cm³/mol. The van der Waals surface area contributed by atoms with E-state index in [4.69, 9.17) is 0 Å². The van der Waals surface area contributed by atoms with Gasteiger partial charge in [0.2, 0.25) is 0 Å². The molecule has 2 aliphatic carbocycles. The number of nitrogens with one attached hydrogen (secondary N) is 1. The van der Waals surface area contributed by atoms with Gasteiger partial charge in [0.25, 0.3) is 11.5 Å². The first-order chi connectivity index (χ1) is 11.6. The van der Waals surface area contributed by atoms with Crippen molar-refractivity contribution in [3.05, 3.63) is 33.2 Å². The van der Waals surface area contributed by atoms with Crippen molar-refractivity contribution in [3.63, 3.8) is 0 Å². The first kappa shape index (κ1) is 15.4. The molecule has 1 amide bonds. The summed E-state index contributed by atoms with van der Waals surface area (Å²) in [6.45, 7) is 0.455. The number of amides is 1. The molecule has 0 bridgehead atoms. The number of carboxylic acid groups (broad SMARTS) is 1. The van der Waals surface area contributed by atoms with Crippen molar-refractivity contribution in [3.8, 4) is 0 Å². The van der Waals surface area contributed by atoms with E-state index in [-0.39, 0.29) is 23.0 Å². The average molecular weight is 330 g/mol. The number of hydrogen-bond donors (Lipinski definition) is 2. The van der Waals surface area contributed by atoms with Crippen molar-refractivity contribution in [1.29, 1.82) is 0 Å². The number of H-pyrrole nitrogens is 1. The van der Waals surface area contributed by atoms with Gasteiger partial charge in [0, 0.05) is 12.2 Å². The van der Waals surface area contributed by atoms with E-state index in [0.29, 0.717) is 6.54 Å². The number of carbonyl (C=O) groups is 2. The Labute approximate surface area is 139 Å². The summed E-state index contributed by atoms with van der Waals surface area (Å²) in [5.41, 5.74) is 1.66. The van der Waals surface area contributed by atoms with E-state index >= 15 is 0 Å². The van der Waals surface area contributed by atoms with Crippen molar-refractivity contribution in [2.45, 2.75) is 51.0 Å². The van der Waals surface area contributed by atoms with Crippen LogP contribution in [-0.4, -0.2) is 39.5 Å². The van der Waals surface area contributed by atoms with E-state index in [1.54, 1.807) is 6.07 Å². The van der Waals surface area contributed by atoms with Gasteiger partial charge in [-0.25, -0.2) is 4.79 Å². The van der Waals surface area contributed by atoms with Crippen LogP contribution in [0.2, 0.25) is 0 Å². The molecule has 2 fully saturated rings. The number of aryl methyl sites for hydroxylation is 2. The highest BCUT2D eigenvalue weighted by Gasteiger charge is 2.49. The summed E-state index contributed by atoms with van der Waals surface area (Å²) in [5.74, 6) is -1.09. The Kier molecular flexibility index (Phi) is 3.70. The first-order valence-corrected chi connectivity index (χ1v) is 8.85. The fraction of sp³-hybridized carbons (Fsp3) is 0.611. The summed E-state index contributed by atoms with van der Waals surface area (Å²) in [5, 5.41) is 9.61. The number of hydrogen-bond acceptors (Lipinski definition) is 3. The molecule has 3 unspecified atom stereocenters. The van der Waals surface area contributed by atoms with Crippen LogP contribution in [0, 0.1) is 11.8 Å². The van der Waals surface area contributed by atoms with Crippen LogP contribution >= 0.6 is 0 Å². The number of aromatic amines is 1. The molecular formula is C18H22N2O4. The quantitative estimate of drug-likeness (QED) is 0.861. The molecule has 3 aliphatic rings. The number of aromatic nitrogens is 1. The Balaban J connectivity index is 1.68. The van der Waals surface area contributed by atoms with Crippen LogP contribution in [-0.2, 0) is 17.6 Å². The first-order valence-electron chi connectivity index (χ1n) is 8.85. The summed E-state index contributed by atoms with van der Waals surface area (Å²) in [7, 11) is 0. The Bertz CT molecular complexity index is 754. The summed E-state index contributed by atoms with van der Waals surface area (Å²) in [6.07, 6.45) is 6.65. The molecule has 128 valence electrons. The van der Waals surface area contributed by atoms with E-state index in [2.05, 4.69) is 4.98 Å². The van der Waals surface area contributed by atoms with Crippen LogP contribution in [0.5, 0.6) is 0 Å².